The van der Waals surface area contributed by atoms with Crippen LogP contribution in [0.25, 0.3) is 0 Å². The molecule has 120 valence electrons. The zero-order valence-electron chi connectivity index (χ0n) is 12.9. The molecule has 0 bridgehead atoms. The number of nitriles is 1. The maximum absolute atomic E-state index is 12.1. The molecule has 0 aliphatic carbocycles. The summed E-state index contributed by atoms with van der Waals surface area (Å²) in [6, 6.07) is 5.81. The Balaban J connectivity index is 2.54. The van der Waals surface area contributed by atoms with Gasteiger partial charge in [-0.05, 0) is 32.0 Å². The number of aliphatic hydroxyl groups is 1. The van der Waals surface area contributed by atoms with Gasteiger partial charge in [-0.2, -0.15) is 22.7 Å². The van der Waals surface area contributed by atoms with Crippen LogP contribution in [0.3, 0.4) is 0 Å². The summed E-state index contributed by atoms with van der Waals surface area (Å²) in [6.07, 6.45) is -1.11. The van der Waals surface area contributed by atoms with E-state index in [2.05, 4.69) is 4.72 Å². The second-order valence-corrected chi connectivity index (χ2v) is 7.81. The number of nitrogens with zero attached hydrogens (tertiary/aromatic N) is 2. The van der Waals surface area contributed by atoms with Gasteiger partial charge in [-0.25, -0.2) is 0 Å². The van der Waals surface area contributed by atoms with E-state index in [9.17, 15) is 13.5 Å². The smallest absolute Gasteiger partial charge is 0.279 e. The molecule has 2 rings (SSSR count). The summed E-state index contributed by atoms with van der Waals surface area (Å²) in [5.74, 6) is 0.445. The fourth-order valence-corrected chi connectivity index (χ4v) is 3.05. The van der Waals surface area contributed by atoms with Crippen LogP contribution in [-0.4, -0.2) is 43.6 Å². The van der Waals surface area contributed by atoms with E-state index in [4.69, 9.17) is 10.00 Å². The second kappa shape index (κ2) is 5.52. The minimum Gasteiger partial charge on any atom is -0.485 e. The molecule has 0 radical (unpaired) electrons. The van der Waals surface area contributed by atoms with E-state index >= 15 is 0 Å². The first kappa shape index (κ1) is 16.7. The third-order valence-corrected chi connectivity index (χ3v) is 5.14. The number of fused-ring (bicyclic) bond motifs is 1. The summed E-state index contributed by atoms with van der Waals surface area (Å²) in [6.45, 7) is 3.35. The first-order valence-corrected chi connectivity index (χ1v) is 8.13. The Morgan fingerprint density at radius 3 is 2.59 bits per heavy atom. The number of hydrogen-bond acceptors (Lipinski definition) is 5. The van der Waals surface area contributed by atoms with Crippen LogP contribution in [-0.2, 0) is 10.2 Å². The Bertz CT molecular complexity index is 722. The first-order valence-electron chi connectivity index (χ1n) is 6.69. The summed E-state index contributed by atoms with van der Waals surface area (Å²) >= 11 is 0. The van der Waals surface area contributed by atoms with Crippen LogP contribution in [0.15, 0.2) is 18.2 Å². The summed E-state index contributed by atoms with van der Waals surface area (Å²) in [4.78, 5) is 0. The molecule has 1 heterocycles. The van der Waals surface area contributed by atoms with Crippen molar-refractivity contribution >= 4 is 10.2 Å². The van der Waals surface area contributed by atoms with Crippen LogP contribution >= 0.6 is 0 Å². The van der Waals surface area contributed by atoms with Crippen molar-refractivity contribution in [3.63, 3.8) is 0 Å². The summed E-state index contributed by atoms with van der Waals surface area (Å²) in [5.41, 5.74) is -0.166. The lowest BCUT2D eigenvalue weighted by atomic mass is 9.86. The molecular formula is C14H19N3O4S. The van der Waals surface area contributed by atoms with Gasteiger partial charge in [-0.1, -0.05) is 0 Å². The summed E-state index contributed by atoms with van der Waals surface area (Å²) < 4.78 is 33.5. The Morgan fingerprint density at radius 2 is 2.05 bits per heavy atom. The van der Waals surface area contributed by atoms with Gasteiger partial charge in [0.25, 0.3) is 10.2 Å². The van der Waals surface area contributed by atoms with Crippen LogP contribution < -0.4 is 9.46 Å². The monoisotopic (exact) mass is 325 g/mol. The van der Waals surface area contributed by atoms with Crippen LogP contribution in [0.4, 0.5) is 0 Å². The number of ether oxygens (including phenoxy) is 1. The predicted octanol–water partition coefficient (Wildman–Crippen LogP) is 0.527. The zero-order chi connectivity index (χ0) is 16.7. The molecule has 22 heavy (non-hydrogen) atoms. The van der Waals surface area contributed by atoms with Gasteiger partial charge in [0.2, 0.25) is 0 Å². The van der Waals surface area contributed by atoms with Gasteiger partial charge in [0.15, 0.2) is 0 Å². The fourth-order valence-electron chi connectivity index (χ4n) is 2.26. The SMILES string of the molecule is CN(C)S(=O)(=O)N[C@@H]1c2cc(C#N)ccc2OC(C)(C)[C@H]1O. The van der Waals surface area contributed by atoms with Crippen molar-refractivity contribution in [3.05, 3.63) is 29.3 Å². The normalized spacial score (nSPS) is 23.5. The highest BCUT2D eigenvalue weighted by molar-refractivity contribution is 7.87. The lowest BCUT2D eigenvalue weighted by Crippen LogP contribution is -2.54. The largest absolute Gasteiger partial charge is 0.485 e. The van der Waals surface area contributed by atoms with Gasteiger partial charge >= 0.3 is 0 Å². The molecule has 1 aliphatic heterocycles. The van der Waals surface area contributed by atoms with E-state index in [-0.39, 0.29) is 0 Å². The van der Waals surface area contributed by atoms with Crippen molar-refractivity contribution in [1.82, 2.24) is 9.03 Å². The van der Waals surface area contributed by atoms with Crippen LogP contribution in [0.1, 0.15) is 31.0 Å². The van der Waals surface area contributed by atoms with E-state index in [1.165, 1.54) is 20.2 Å². The maximum Gasteiger partial charge on any atom is 0.279 e. The Morgan fingerprint density at radius 1 is 1.41 bits per heavy atom. The molecule has 0 amide bonds. The van der Waals surface area contributed by atoms with Gasteiger partial charge in [-0.15, -0.1) is 0 Å². The number of nitrogens with one attached hydrogen (secondary N) is 1. The van der Waals surface area contributed by atoms with Crippen LogP contribution in [0.5, 0.6) is 5.75 Å². The molecule has 0 saturated carbocycles. The Hall–Kier alpha value is -1.66. The molecule has 0 spiro atoms. The van der Waals surface area contributed by atoms with Gasteiger partial charge in [0.1, 0.15) is 17.5 Å². The topological polar surface area (TPSA) is 103 Å². The lowest BCUT2D eigenvalue weighted by Gasteiger charge is -2.42. The van der Waals surface area contributed by atoms with E-state index in [0.29, 0.717) is 16.9 Å². The van der Waals surface area contributed by atoms with Crippen LogP contribution in [0.2, 0.25) is 0 Å². The molecule has 0 unspecified atom stereocenters. The lowest BCUT2D eigenvalue weighted by molar-refractivity contribution is -0.0604. The molecule has 2 N–H and O–H groups in total. The highest BCUT2D eigenvalue weighted by atomic mass is 32.2. The highest BCUT2D eigenvalue weighted by Crippen LogP contribution is 2.40. The number of aliphatic hydroxyl groups excluding tert-OH is 1. The molecule has 1 aromatic rings. The molecule has 8 heteroatoms. The quantitative estimate of drug-likeness (QED) is 0.844. The van der Waals surface area contributed by atoms with E-state index in [1.807, 2.05) is 6.07 Å². The average molecular weight is 325 g/mol. The molecule has 0 fully saturated rings. The van der Waals surface area contributed by atoms with Crippen molar-refractivity contribution in [2.24, 2.45) is 0 Å². The average Bonchev–Trinajstić information content (AvgIpc) is 2.43. The van der Waals surface area contributed by atoms with Crippen molar-refractivity contribution in [1.29, 1.82) is 5.26 Å². The van der Waals surface area contributed by atoms with Crippen LogP contribution in [0, 0.1) is 11.3 Å². The fraction of sp³-hybridized carbons (Fsp3) is 0.500. The van der Waals surface area contributed by atoms with Crippen molar-refractivity contribution in [2.75, 3.05) is 14.1 Å². The molecule has 2 atom stereocenters. The third kappa shape index (κ3) is 2.94. The molecule has 1 aliphatic rings. The number of rotatable bonds is 3. The Labute approximate surface area is 130 Å². The van der Waals surface area contributed by atoms with E-state index < -0.39 is 28.0 Å². The van der Waals surface area contributed by atoms with Gasteiger partial charge in [0.05, 0.1) is 17.7 Å². The van der Waals surface area contributed by atoms with Crippen molar-refractivity contribution in [2.45, 2.75) is 31.6 Å². The minimum absolute atomic E-state index is 0.364. The maximum atomic E-state index is 12.1. The third-order valence-electron chi connectivity index (χ3n) is 3.63. The predicted molar refractivity (Wildman–Crippen MR) is 80.4 cm³/mol. The molecular weight excluding hydrogens is 306 g/mol. The van der Waals surface area contributed by atoms with E-state index in [0.717, 1.165) is 4.31 Å². The molecule has 7 nitrogen and oxygen atoms in total. The van der Waals surface area contributed by atoms with Gasteiger partial charge in [0, 0.05) is 19.7 Å². The zero-order valence-corrected chi connectivity index (χ0v) is 13.7. The van der Waals surface area contributed by atoms with Gasteiger partial charge in [-0.3, -0.25) is 0 Å². The highest BCUT2D eigenvalue weighted by Gasteiger charge is 2.44. The standard InChI is InChI=1S/C14H19N3O4S/c1-14(2)13(18)12(16-22(19,20)17(3)4)10-7-9(8-15)5-6-11(10)21-14/h5-7,12-13,16,18H,1-4H3/t12-,13+/m1/s1. The van der Waals surface area contributed by atoms with E-state index in [1.54, 1.807) is 26.0 Å². The molecule has 1 aromatic carbocycles. The Kier molecular flexibility index (Phi) is 4.19. The number of benzene rings is 1. The van der Waals surface area contributed by atoms with Gasteiger partial charge < -0.3 is 9.84 Å². The molecule has 0 aromatic heterocycles. The van der Waals surface area contributed by atoms with Crippen molar-refractivity contribution < 1.29 is 18.3 Å². The molecule has 0 saturated heterocycles. The second-order valence-electron chi connectivity index (χ2n) is 5.90. The number of hydrogen-bond donors (Lipinski definition) is 2. The minimum atomic E-state index is -3.76. The first-order chi connectivity index (χ1) is 10.1. The van der Waals surface area contributed by atoms with Crippen molar-refractivity contribution in [3.8, 4) is 11.8 Å². The summed E-state index contributed by atoms with van der Waals surface area (Å²) in [5, 5.41) is 19.5. The summed E-state index contributed by atoms with van der Waals surface area (Å²) in [7, 11) is -0.969.